The van der Waals surface area contributed by atoms with Crippen LogP contribution in [0.1, 0.15) is 53.4 Å². The summed E-state index contributed by atoms with van der Waals surface area (Å²) in [6, 6.07) is 9.84. The summed E-state index contributed by atoms with van der Waals surface area (Å²) >= 11 is 0. The van der Waals surface area contributed by atoms with Crippen LogP contribution in [0.3, 0.4) is 0 Å². The fourth-order valence-corrected chi connectivity index (χ4v) is 5.33. The number of fused-ring (bicyclic) bond motifs is 2. The van der Waals surface area contributed by atoms with Crippen molar-refractivity contribution in [2.45, 2.75) is 44.9 Å². The summed E-state index contributed by atoms with van der Waals surface area (Å²) < 4.78 is 5.77. The molecular formula is C26H32N6O3. The average Bonchev–Trinajstić information content (AvgIpc) is 3.54. The number of carbonyl (C=O) groups excluding carboxylic acids is 1. The van der Waals surface area contributed by atoms with E-state index in [1.165, 1.54) is 11.3 Å². The molecule has 1 amide bonds. The van der Waals surface area contributed by atoms with Crippen molar-refractivity contribution in [1.82, 2.24) is 15.6 Å². The predicted octanol–water partition coefficient (Wildman–Crippen LogP) is 2.53. The van der Waals surface area contributed by atoms with Crippen molar-refractivity contribution in [3.8, 4) is 5.75 Å². The number of benzene rings is 2. The summed E-state index contributed by atoms with van der Waals surface area (Å²) in [6.07, 6.45) is 0.575. The number of nitrogens with zero attached hydrogens (tertiary/aromatic N) is 3. The number of ether oxygens (including phenoxy) is 1. The molecule has 1 fully saturated rings. The molecule has 35 heavy (non-hydrogen) atoms. The molecule has 4 heterocycles. The third-order valence-corrected chi connectivity index (χ3v) is 7.23. The van der Waals surface area contributed by atoms with Crippen LogP contribution in [0.2, 0.25) is 0 Å². The van der Waals surface area contributed by atoms with E-state index < -0.39 is 0 Å². The molecule has 0 spiro atoms. The van der Waals surface area contributed by atoms with Crippen LogP contribution in [0.4, 0.5) is 11.4 Å². The minimum Gasteiger partial charge on any atom is -0.507 e. The van der Waals surface area contributed by atoms with E-state index in [2.05, 4.69) is 44.3 Å². The first-order chi connectivity index (χ1) is 16.9. The largest absolute Gasteiger partial charge is 0.507 e. The normalized spacial score (nSPS) is 22.3. The van der Waals surface area contributed by atoms with Crippen molar-refractivity contribution in [2.24, 2.45) is 4.99 Å². The van der Waals surface area contributed by atoms with E-state index in [1.54, 1.807) is 12.1 Å². The van der Waals surface area contributed by atoms with E-state index in [0.717, 1.165) is 43.0 Å². The number of anilines is 2. The van der Waals surface area contributed by atoms with E-state index in [4.69, 9.17) is 4.74 Å². The SMILES string of the molecule is CC1(C)COC(CC2NNc3cc(O)c(C(=O)N4Cc5ccc(N6CCNCC6)cc5C4)cc32)=N1. The maximum absolute atomic E-state index is 13.5. The molecule has 4 aliphatic heterocycles. The summed E-state index contributed by atoms with van der Waals surface area (Å²) in [7, 11) is 0. The smallest absolute Gasteiger partial charge is 0.258 e. The van der Waals surface area contributed by atoms with Crippen molar-refractivity contribution in [3.63, 3.8) is 0 Å². The number of rotatable bonds is 4. The molecule has 4 N–H and O–H groups in total. The maximum atomic E-state index is 13.5. The van der Waals surface area contributed by atoms with Crippen molar-refractivity contribution in [3.05, 3.63) is 52.6 Å². The van der Waals surface area contributed by atoms with Gasteiger partial charge in [0, 0.05) is 57.4 Å². The molecular weight excluding hydrogens is 444 g/mol. The molecule has 9 nitrogen and oxygen atoms in total. The number of nitrogens with one attached hydrogen (secondary N) is 3. The molecule has 1 atom stereocenters. The first kappa shape index (κ1) is 22.2. The minimum absolute atomic E-state index is 0.0169. The second-order valence-electron chi connectivity index (χ2n) is 10.4. The topological polar surface area (TPSA) is 101 Å². The average molecular weight is 477 g/mol. The second kappa shape index (κ2) is 8.42. The number of phenols is 1. The Morgan fingerprint density at radius 1 is 1.17 bits per heavy atom. The number of amides is 1. The molecule has 0 saturated carbocycles. The summed E-state index contributed by atoms with van der Waals surface area (Å²) in [6.45, 7) is 9.71. The molecule has 0 radical (unpaired) electrons. The van der Waals surface area contributed by atoms with Gasteiger partial charge in [-0.2, -0.15) is 0 Å². The van der Waals surface area contributed by atoms with Crippen LogP contribution in [0.15, 0.2) is 35.3 Å². The zero-order chi connectivity index (χ0) is 24.2. The third kappa shape index (κ3) is 4.19. The Morgan fingerprint density at radius 2 is 1.97 bits per heavy atom. The molecule has 0 bridgehead atoms. The second-order valence-corrected chi connectivity index (χ2v) is 10.4. The zero-order valence-electron chi connectivity index (χ0n) is 20.2. The first-order valence-electron chi connectivity index (χ1n) is 12.3. The highest BCUT2D eigenvalue weighted by Crippen LogP contribution is 2.38. The standard InChI is InChI=1S/C26H32N6O3/c1-26(2)15-35-24(28-26)12-22-19-10-20(23(33)11-21(19)29-30-22)25(34)32-13-16-3-4-18(9-17(16)14-32)31-7-5-27-6-8-31/h3-4,9-11,22,27,29-30,33H,5-8,12-15H2,1-2H3. The van der Waals surface area contributed by atoms with Gasteiger partial charge in [0.25, 0.3) is 5.91 Å². The van der Waals surface area contributed by atoms with E-state index in [0.29, 0.717) is 37.6 Å². The van der Waals surface area contributed by atoms with Gasteiger partial charge in [0.15, 0.2) is 5.90 Å². The fourth-order valence-electron chi connectivity index (χ4n) is 5.33. The molecule has 4 aliphatic rings. The highest BCUT2D eigenvalue weighted by Gasteiger charge is 2.33. The number of aliphatic imine (C=N–C) groups is 1. The summed E-state index contributed by atoms with van der Waals surface area (Å²) in [4.78, 5) is 22.4. The molecule has 2 aromatic carbocycles. The molecule has 184 valence electrons. The Bertz CT molecular complexity index is 1200. The number of hydrogen-bond acceptors (Lipinski definition) is 8. The first-order valence-corrected chi connectivity index (χ1v) is 12.3. The minimum atomic E-state index is -0.213. The van der Waals surface area contributed by atoms with Gasteiger partial charge in [-0.15, -0.1) is 0 Å². The van der Waals surface area contributed by atoms with Crippen molar-refractivity contribution < 1.29 is 14.6 Å². The van der Waals surface area contributed by atoms with E-state index in [1.807, 2.05) is 18.7 Å². The number of hydrogen-bond donors (Lipinski definition) is 4. The van der Waals surface area contributed by atoms with Crippen LogP contribution < -0.4 is 21.1 Å². The lowest BCUT2D eigenvalue weighted by atomic mass is 9.99. The third-order valence-electron chi connectivity index (χ3n) is 7.23. The van der Waals surface area contributed by atoms with E-state index in [9.17, 15) is 9.90 Å². The number of phenolic OH excluding ortho intramolecular Hbond substituents is 1. The van der Waals surface area contributed by atoms with Crippen LogP contribution in [0.25, 0.3) is 0 Å². The van der Waals surface area contributed by atoms with Gasteiger partial charge in [0.05, 0.1) is 22.8 Å². The van der Waals surface area contributed by atoms with Crippen LogP contribution in [-0.2, 0) is 17.8 Å². The maximum Gasteiger partial charge on any atom is 0.258 e. The van der Waals surface area contributed by atoms with Crippen molar-refractivity contribution in [2.75, 3.05) is 43.1 Å². The van der Waals surface area contributed by atoms with E-state index in [-0.39, 0.29) is 23.2 Å². The lowest BCUT2D eigenvalue weighted by molar-refractivity contribution is 0.0748. The number of aromatic hydroxyl groups is 1. The highest BCUT2D eigenvalue weighted by molar-refractivity contribution is 5.98. The van der Waals surface area contributed by atoms with Crippen molar-refractivity contribution in [1.29, 1.82) is 0 Å². The fraction of sp³-hybridized carbons (Fsp3) is 0.462. The Hall–Kier alpha value is -3.30. The quantitative estimate of drug-likeness (QED) is 0.538. The van der Waals surface area contributed by atoms with Gasteiger partial charge in [-0.05, 0) is 48.7 Å². The molecule has 2 aromatic rings. The Morgan fingerprint density at radius 3 is 2.74 bits per heavy atom. The van der Waals surface area contributed by atoms with Crippen LogP contribution in [0.5, 0.6) is 5.75 Å². The number of carbonyl (C=O) groups is 1. The molecule has 1 unspecified atom stereocenters. The Kier molecular flexibility index (Phi) is 5.34. The predicted molar refractivity (Wildman–Crippen MR) is 135 cm³/mol. The van der Waals surface area contributed by atoms with Crippen LogP contribution >= 0.6 is 0 Å². The molecule has 0 aliphatic carbocycles. The molecule has 0 aromatic heterocycles. The lowest BCUT2D eigenvalue weighted by Gasteiger charge is -2.29. The van der Waals surface area contributed by atoms with E-state index >= 15 is 0 Å². The van der Waals surface area contributed by atoms with Gasteiger partial charge < -0.3 is 30.4 Å². The van der Waals surface area contributed by atoms with Gasteiger partial charge in [-0.25, -0.2) is 10.4 Å². The lowest BCUT2D eigenvalue weighted by Crippen LogP contribution is -2.43. The van der Waals surface area contributed by atoms with Gasteiger partial charge >= 0.3 is 0 Å². The monoisotopic (exact) mass is 476 g/mol. The van der Waals surface area contributed by atoms with Crippen LogP contribution in [-0.4, -0.2) is 60.1 Å². The Balaban J connectivity index is 1.20. The number of piperazine rings is 1. The summed E-state index contributed by atoms with van der Waals surface area (Å²) in [5, 5.41) is 14.1. The summed E-state index contributed by atoms with van der Waals surface area (Å²) in [5.41, 5.74) is 11.7. The highest BCUT2D eigenvalue weighted by atomic mass is 16.5. The van der Waals surface area contributed by atoms with Gasteiger partial charge in [0.1, 0.15) is 12.4 Å². The van der Waals surface area contributed by atoms with Gasteiger partial charge in [0.2, 0.25) is 0 Å². The Labute approximate surface area is 205 Å². The van der Waals surface area contributed by atoms with Gasteiger partial charge in [-0.3, -0.25) is 4.79 Å². The molecule has 9 heteroatoms. The van der Waals surface area contributed by atoms with Crippen molar-refractivity contribution >= 4 is 23.2 Å². The van der Waals surface area contributed by atoms with Gasteiger partial charge in [-0.1, -0.05) is 6.07 Å². The van der Waals surface area contributed by atoms with Crippen LogP contribution in [0, 0.1) is 0 Å². The molecule has 6 rings (SSSR count). The summed E-state index contributed by atoms with van der Waals surface area (Å²) in [5.74, 6) is 0.529. The zero-order valence-corrected chi connectivity index (χ0v) is 20.2. The molecule has 1 saturated heterocycles. The number of hydrazine groups is 1.